The van der Waals surface area contributed by atoms with Gasteiger partial charge in [0.1, 0.15) is 0 Å². The molecule has 0 rings (SSSR count). The molecule has 0 fully saturated rings. The Morgan fingerprint density at radius 3 is 2.17 bits per heavy atom. The topological polar surface area (TPSA) is 78.6 Å². The summed E-state index contributed by atoms with van der Waals surface area (Å²) in [5, 5.41) is 0. The van der Waals surface area contributed by atoms with E-state index in [0.29, 0.717) is 0 Å². The van der Waals surface area contributed by atoms with Gasteiger partial charge in [-0.2, -0.15) is 0 Å². The fraction of sp³-hybridized carbons (Fsp3) is 0.833. The van der Waals surface area contributed by atoms with Crippen molar-refractivity contribution in [3.05, 3.63) is 0 Å². The summed E-state index contributed by atoms with van der Waals surface area (Å²) in [6.45, 7) is 1.60. The van der Waals surface area contributed by atoms with Crippen LogP contribution in [0.4, 0.5) is 0 Å². The minimum absolute atomic E-state index is 0.00103. The Morgan fingerprint density at radius 1 is 1.50 bits per heavy atom. The molecule has 2 N–H and O–H groups in total. The molecule has 72 valence electrons. The zero-order valence-corrected chi connectivity index (χ0v) is 8.34. The van der Waals surface area contributed by atoms with Crippen molar-refractivity contribution in [1.29, 1.82) is 0 Å². The number of carbonyl (C=O) groups is 1. The van der Waals surface area contributed by atoms with Crippen LogP contribution in [0.1, 0.15) is 13.3 Å². The third-order valence-corrected chi connectivity index (χ3v) is 3.83. The highest BCUT2D eigenvalue weighted by atomic mass is 31.2. The van der Waals surface area contributed by atoms with Gasteiger partial charge >= 0.3 is 7.60 Å². The van der Waals surface area contributed by atoms with Gasteiger partial charge in [0.05, 0.1) is 5.66 Å². The van der Waals surface area contributed by atoms with Crippen LogP contribution in [0.5, 0.6) is 0 Å². The molecular weight excluding hydrogens is 181 g/mol. The highest BCUT2D eigenvalue weighted by Crippen LogP contribution is 2.52. The molecule has 12 heavy (non-hydrogen) atoms. The maximum atomic E-state index is 11.5. The van der Waals surface area contributed by atoms with Gasteiger partial charge in [0.25, 0.3) is 0 Å². The molecule has 0 aromatic carbocycles. The van der Waals surface area contributed by atoms with Gasteiger partial charge in [-0.05, 0) is 0 Å². The van der Waals surface area contributed by atoms with Gasteiger partial charge < -0.3 is 14.8 Å². The molecule has 0 bridgehead atoms. The molecule has 0 aliphatic heterocycles. The lowest BCUT2D eigenvalue weighted by atomic mass is 10.3. The number of hydrogen-bond acceptors (Lipinski definition) is 4. The smallest absolute Gasteiger partial charge is 0.333 e. The van der Waals surface area contributed by atoms with Crippen molar-refractivity contribution < 1.29 is 18.4 Å². The summed E-state index contributed by atoms with van der Waals surface area (Å²) in [5.41, 5.74) is 4.43. The standard InChI is InChI=1S/C6H14NO4P/c1-5(4-6(7)8)12(9,10-2)11-3/h5H,4H2,1-3H3,(H2,7,8). The summed E-state index contributed by atoms with van der Waals surface area (Å²) in [6.07, 6.45) is -0.00103. The number of hydrogen-bond donors (Lipinski definition) is 1. The van der Waals surface area contributed by atoms with Crippen molar-refractivity contribution in [2.24, 2.45) is 5.73 Å². The van der Waals surface area contributed by atoms with E-state index in [1.54, 1.807) is 6.92 Å². The van der Waals surface area contributed by atoms with Crippen LogP contribution in [-0.2, 0) is 18.4 Å². The second kappa shape index (κ2) is 4.60. The molecule has 0 radical (unpaired) electrons. The van der Waals surface area contributed by atoms with E-state index in [1.807, 2.05) is 0 Å². The van der Waals surface area contributed by atoms with Crippen LogP contribution in [0.2, 0.25) is 0 Å². The molecule has 0 aliphatic rings. The van der Waals surface area contributed by atoms with E-state index in [2.05, 4.69) is 9.05 Å². The maximum absolute atomic E-state index is 11.5. The third-order valence-electron chi connectivity index (χ3n) is 1.55. The van der Waals surface area contributed by atoms with E-state index in [0.717, 1.165) is 0 Å². The van der Waals surface area contributed by atoms with Crippen molar-refractivity contribution in [2.45, 2.75) is 19.0 Å². The third kappa shape index (κ3) is 2.93. The molecular formula is C6H14NO4P. The molecule has 0 aromatic rings. The number of carbonyl (C=O) groups excluding carboxylic acids is 1. The number of rotatable bonds is 5. The molecule has 0 saturated heterocycles. The van der Waals surface area contributed by atoms with Crippen molar-refractivity contribution in [3.63, 3.8) is 0 Å². The summed E-state index contributed by atoms with van der Waals surface area (Å²) >= 11 is 0. The Morgan fingerprint density at radius 2 is 1.92 bits per heavy atom. The molecule has 1 unspecified atom stereocenters. The summed E-state index contributed by atoms with van der Waals surface area (Å²) in [5.74, 6) is -0.517. The number of primary amides is 1. The molecule has 0 spiro atoms. The van der Waals surface area contributed by atoms with E-state index >= 15 is 0 Å². The first-order valence-corrected chi connectivity index (χ1v) is 5.07. The summed E-state index contributed by atoms with van der Waals surface area (Å²) in [7, 11) is -0.568. The van der Waals surface area contributed by atoms with Crippen molar-refractivity contribution in [1.82, 2.24) is 0 Å². The summed E-state index contributed by atoms with van der Waals surface area (Å²) in [4.78, 5) is 10.5. The first kappa shape index (κ1) is 11.6. The lowest BCUT2D eigenvalue weighted by Crippen LogP contribution is -2.19. The summed E-state index contributed by atoms with van der Waals surface area (Å²) < 4.78 is 20.9. The molecule has 6 heteroatoms. The zero-order chi connectivity index (χ0) is 9.78. The van der Waals surface area contributed by atoms with Crippen molar-refractivity contribution >= 4 is 13.5 Å². The molecule has 0 aromatic heterocycles. The van der Waals surface area contributed by atoms with Crippen LogP contribution in [-0.4, -0.2) is 25.8 Å². The maximum Gasteiger partial charge on any atom is 0.333 e. The van der Waals surface area contributed by atoms with E-state index < -0.39 is 19.2 Å². The highest BCUT2D eigenvalue weighted by molar-refractivity contribution is 7.54. The van der Waals surface area contributed by atoms with Crippen LogP contribution in [0.25, 0.3) is 0 Å². The Kier molecular flexibility index (Phi) is 4.45. The van der Waals surface area contributed by atoms with Gasteiger partial charge in [0.2, 0.25) is 5.91 Å². The fourth-order valence-electron chi connectivity index (χ4n) is 0.837. The zero-order valence-electron chi connectivity index (χ0n) is 7.44. The normalized spacial score (nSPS) is 14.2. The van der Waals surface area contributed by atoms with E-state index in [9.17, 15) is 9.36 Å². The first-order chi connectivity index (χ1) is 5.46. The Bertz CT molecular complexity index is 198. The van der Waals surface area contributed by atoms with Gasteiger partial charge in [-0.1, -0.05) is 6.92 Å². The van der Waals surface area contributed by atoms with Gasteiger partial charge in [0, 0.05) is 20.6 Å². The Hall–Kier alpha value is -0.380. The second-order valence-electron chi connectivity index (χ2n) is 2.42. The van der Waals surface area contributed by atoms with Crippen LogP contribution >= 0.6 is 7.60 Å². The van der Waals surface area contributed by atoms with Crippen LogP contribution in [0.15, 0.2) is 0 Å². The largest absolute Gasteiger partial charge is 0.370 e. The first-order valence-electron chi connectivity index (χ1n) is 3.45. The van der Waals surface area contributed by atoms with Gasteiger partial charge in [0.15, 0.2) is 0 Å². The number of nitrogens with two attached hydrogens (primary N) is 1. The average Bonchev–Trinajstić information content (AvgIpc) is 2.02. The van der Waals surface area contributed by atoms with E-state index in [-0.39, 0.29) is 6.42 Å². The van der Waals surface area contributed by atoms with Gasteiger partial charge in [-0.15, -0.1) is 0 Å². The Balaban J connectivity index is 4.32. The molecule has 5 nitrogen and oxygen atoms in total. The molecule has 0 aliphatic carbocycles. The van der Waals surface area contributed by atoms with Gasteiger partial charge in [-0.3, -0.25) is 9.36 Å². The number of amides is 1. The van der Waals surface area contributed by atoms with E-state index in [1.165, 1.54) is 14.2 Å². The quantitative estimate of drug-likeness (QED) is 0.656. The summed E-state index contributed by atoms with van der Waals surface area (Å²) in [6, 6.07) is 0. The molecule has 1 atom stereocenters. The average molecular weight is 195 g/mol. The monoisotopic (exact) mass is 195 g/mol. The second-order valence-corrected chi connectivity index (χ2v) is 5.12. The van der Waals surface area contributed by atoms with Crippen LogP contribution in [0.3, 0.4) is 0 Å². The van der Waals surface area contributed by atoms with Gasteiger partial charge in [-0.25, -0.2) is 0 Å². The Labute approximate surface area is 71.8 Å². The molecule has 0 saturated carbocycles. The molecule has 0 heterocycles. The van der Waals surface area contributed by atoms with Crippen LogP contribution < -0.4 is 5.73 Å². The molecule has 1 amide bonds. The minimum Gasteiger partial charge on any atom is -0.370 e. The van der Waals surface area contributed by atoms with Crippen molar-refractivity contribution in [3.8, 4) is 0 Å². The predicted molar refractivity (Wildman–Crippen MR) is 44.9 cm³/mol. The fourth-order valence-corrected chi connectivity index (χ4v) is 2.11. The highest BCUT2D eigenvalue weighted by Gasteiger charge is 2.30. The van der Waals surface area contributed by atoms with Crippen LogP contribution in [0, 0.1) is 0 Å². The lowest BCUT2D eigenvalue weighted by molar-refractivity contribution is -0.118. The lowest BCUT2D eigenvalue weighted by Gasteiger charge is -2.19. The predicted octanol–water partition coefficient (Wildman–Crippen LogP) is 0.736. The van der Waals surface area contributed by atoms with E-state index in [4.69, 9.17) is 5.73 Å². The SMILES string of the molecule is COP(=O)(OC)C(C)CC(N)=O. The minimum atomic E-state index is -3.13. The van der Waals surface area contributed by atoms with Crippen molar-refractivity contribution in [2.75, 3.05) is 14.2 Å².